The number of halogens is 1. The summed E-state index contributed by atoms with van der Waals surface area (Å²) in [6, 6.07) is 1.83. The van der Waals surface area contributed by atoms with E-state index in [0.29, 0.717) is 18.7 Å². The molecule has 1 aromatic heterocycles. The minimum atomic E-state index is 0.0109. The van der Waals surface area contributed by atoms with Crippen LogP contribution in [0.1, 0.15) is 23.7 Å². The van der Waals surface area contributed by atoms with Crippen LogP contribution in [0.3, 0.4) is 0 Å². The molecule has 0 aliphatic rings. The molecule has 0 spiro atoms. The van der Waals surface area contributed by atoms with E-state index in [1.807, 2.05) is 18.4 Å². The zero-order chi connectivity index (χ0) is 11.3. The van der Waals surface area contributed by atoms with E-state index in [-0.39, 0.29) is 5.91 Å². The highest BCUT2D eigenvalue weighted by Crippen LogP contribution is 2.21. The van der Waals surface area contributed by atoms with Crippen molar-refractivity contribution in [3.63, 3.8) is 0 Å². The number of terminal acetylenes is 1. The van der Waals surface area contributed by atoms with E-state index in [4.69, 9.17) is 6.42 Å². The number of carbonyl (C=O) groups excluding carboxylic acids is 1. The van der Waals surface area contributed by atoms with Gasteiger partial charge in [0.15, 0.2) is 0 Å². The summed E-state index contributed by atoms with van der Waals surface area (Å²) in [7, 11) is 0. The number of thiophene rings is 1. The molecule has 1 rings (SSSR count). The van der Waals surface area contributed by atoms with Crippen LogP contribution in [0, 0.1) is 12.3 Å². The second-order valence-electron chi connectivity index (χ2n) is 3.07. The van der Waals surface area contributed by atoms with Gasteiger partial charge in [-0.15, -0.1) is 17.8 Å². The maximum Gasteiger partial charge on any atom is 0.255 e. The van der Waals surface area contributed by atoms with Crippen molar-refractivity contribution in [2.45, 2.75) is 13.3 Å². The highest BCUT2D eigenvalue weighted by molar-refractivity contribution is 9.11. The fourth-order valence-corrected chi connectivity index (χ4v) is 2.37. The summed E-state index contributed by atoms with van der Waals surface area (Å²) in [5.41, 5.74) is 0.704. The molecule has 0 saturated carbocycles. The van der Waals surface area contributed by atoms with Crippen molar-refractivity contribution in [2.24, 2.45) is 0 Å². The van der Waals surface area contributed by atoms with Gasteiger partial charge in [-0.25, -0.2) is 0 Å². The summed E-state index contributed by atoms with van der Waals surface area (Å²) in [5, 5.41) is 1.84. The number of carbonyl (C=O) groups is 1. The van der Waals surface area contributed by atoms with Crippen LogP contribution in [-0.2, 0) is 0 Å². The average Bonchev–Trinajstić information content (AvgIpc) is 2.63. The van der Waals surface area contributed by atoms with Crippen LogP contribution < -0.4 is 0 Å². The second-order valence-corrected chi connectivity index (χ2v) is 5.36. The van der Waals surface area contributed by atoms with E-state index in [1.165, 1.54) is 11.3 Å². The van der Waals surface area contributed by atoms with E-state index in [1.54, 1.807) is 4.90 Å². The van der Waals surface area contributed by atoms with Gasteiger partial charge < -0.3 is 4.90 Å². The lowest BCUT2D eigenvalue weighted by atomic mass is 10.3. The zero-order valence-electron chi connectivity index (χ0n) is 8.50. The first kappa shape index (κ1) is 12.3. The fraction of sp³-hybridized carbons (Fsp3) is 0.364. The van der Waals surface area contributed by atoms with Gasteiger partial charge in [0, 0.05) is 11.9 Å². The Morgan fingerprint density at radius 1 is 1.73 bits per heavy atom. The molecule has 0 radical (unpaired) electrons. The first-order chi connectivity index (χ1) is 7.19. The van der Waals surface area contributed by atoms with Crippen molar-refractivity contribution < 1.29 is 4.79 Å². The molecular formula is C11H12BrNOS. The number of rotatable bonds is 4. The minimum Gasteiger partial charge on any atom is -0.327 e. The maximum atomic E-state index is 12.0. The zero-order valence-corrected chi connectivity index (χ0v) is 10.9. The van der Waals surface area contributed by atoms with Crippen molar-refractivity contribution in [3.8, 4) is 12.3 Å². The van der Waals surface area contributed by atoms with Crippen molar-refractivity contribution in [2.75, 3.05) is 13.1 Å². The van der Waals surface area contributed by atoms with Crippen LogP contribution >= 0.6 is 27.3 Å². The first-order valence-corrected chi connectivity index (χ1v) is 6.33. The van der Waals surface area contributed by atoms with Gasteiger partial charge >= 0.3 is 0 Å². The number of amides is 1. The van der Waals surface area contributed by atoms with Crippen LogP contribution in [0.2, 0.25) is 0 Å². The molecule has 0 aliphatic carbocycles. The quantitative estimate of drug-likeness (QED) is 0.779. The Balaban J connectivity index is 2.76. The van der Waals surface area contributed by atoms with E-state index >= 15 is 0 Å². The molecule has 0 aromatic carbocycles. The Hall–Kier alpha value is -0.790. The highest BCUT2D eigenvalue weighted by atomic mass is 79.9. The molecule has 80 valence electrons. The lowest BCUT2D eigenvalue weighted by molar-refractivity contribution is 0.0777. The van der Waals surface area contributed by atoms with Crippen molar-refractivity contribution in [3.05, 3.63) is 20.8 Å². The van der Waals surface area contributed by atoms with E-state index < -0.39 is 0 Å². The molecule has 0 saturated heterocycles. The summed E-state index contributed by atoms with van der Waals surface area (Å²) in [6.07, 6.45) is 6.15. The van der Waals surface area contributed by atoms with Gasteiger partial charge in [0.05, 0.1) is 15.9 Å². The summed E-state index contributed by atoms with van der Waals surface area (Å²) in [6.45, 7) is 3.11. The molecule has 0 bridgehead atoms. The van der Waals surface area contributed by atoms with Gasteiger partial charge in [0.2, 0.25) is 0 Å². The van der Waals surface area contributed by atoms with Crippen LogP contribution in [0.15, 0.2) is 15.2 Å². The third-order valence-corrected chi connectivity index (χ3v) is 3.38. The Bertz CT molecular complexity index is 380. The minimum absolute atomic E-state index is 0.0109. The Labute approximate surface area is 102 Å². The maximum absolute atomic E-state index is 12.0. The smallest absolute Gasteiger partial charge is 0.255 e. The molecule has 0 N–H and O–H groups in total. The fourth-order valence-electron chi connectivity index (χ4n) is 1.24. The molecule has 4 heteroatoms. The second kappa shape index (κ2) is 5.94. The summed E-state index contributed by atoms with van der Waals surface area (Å²) in [5.74, 6) is 2.52. The van der Waals surface area contributed by atoms with Crippen molar-refractivity contribution in [1.29, 1.82) is 0 Å². The first-order valence-electron chi connectivity index (χ1n) is 4.65. The molecule has 1 heterocycles. The van der Waals surface area contributed by atoms with Gasteiger partial charge in [0.1, 0.15) is 0 Å². The standard InChI is InChI=1S/C11H12BrNOS/c1-3-5-13(6-4-2)11(14)9-7-10(12)15-8-9/h1,7-8H,4-6H2,2H3. The molecule has 0 fully saturated rings. The predicted octanol–water partition coefficient (Wildman–Crippen LogP) is 3.00. The lowest BCUT2D eigenvalue weighted by Gasteiger charge is -2.18. The molecule has 15 heavy (non-hydrogen) atoms. The largest absolute Gasteiger partial charge is 0.327 e. The lowest BCUT2D eigenvalue weighted by Crippen LogP contribution is -2.31. The molecule has 0 unspecified atom stereocenters. The van der Waals surface area contributed by atoms with Crippen LogP contribution in [-0.4, -0.2) is 23.9 Å². The molecule has 0 aliphatic heterocycles. The third-order valence-electron chi connectivity index (χ3n) is 1.88. The summed E-state index contributed by atoms with van der Waals surface area (Å²) < 4.78 is 0.961. The molecule has 1 aromatic rings. The monoisotopic (exact) mass is 285 g/mol. The van der Waals surface area contributed by atoms with Crippen LogP contribution in [0.25, 0.3) is 0 Å². The summed E-state index contributed by atoms with van der Waals surface area (Å²) >= 11 is 4.84. The Morgan fingerprint density at radius 3 is 2.93 bits per heavy atom. The molecular weight excluding hydrogens is 274 g/mol. The topological polar surface area (TPSA) is 20.3 Å². The molecule has 1 amide bonds. The SMILES string of the molecule is C#CCN(CCC)C(=O)c1csc(Br)c1. The Kier molecular flexibility index (Phi) is 4.86. The van der Waals surface area contributed by atoms with Crippen LogP contribution in [0.4, 0.5) is 0 Å². The van der Waals surface area contributed by atoms with Crippen LogP contribution in [0.5, 0.6) is 0 Å². The predicted molar refractivity (Wildman–Crippen MR) is 67.0 cm³/mol. The van der Waals surface area contributed by atoms with E-state index in [0.717, 1.165) is 10.2 Å². The normalized spacial score (nSPS) is 9.67. The Morgan fingerprint density at radius 2 is 2.47 bits per heavy atom. The average molecular weight is 286 g/mol. The summed E-state index contributed by atoms with van der Waals surface area (Å²) in [4.78, 5) is 13.6. The number of hydrogen-bond acceptors (Lipinski definition) is 2. The highest BCUT2D eigenvalue weighted by Gasteiger charge is 2.14. The molecule has 2 nitrogen and oxygen atoms in total. The van der Waals surface area contributed by atoms with E-state index in [9.17, 15) is 4.79 Å². The van der Waals surface area contributed by atoms with Gasteiger partial charge in [-0.2, -0.15) is 0 Å². The third kappa shape index (κ3) is 3.37. The number of nitrogens with zero attached hydrogens (tertiary/aromatic N) is 1. The molecule has 0 atom stereocenters. The van der Waals surface area contributed by atoms with E-state index in [2.05, 4.69) is 21.9 Å². The van der Waals surface area contributed by atoms with Gasteiger partial charge in [-0.3, -0.25) is 4.79 Å². The van der Waals surface area contributed by atoms with Crippen molar-refractivity contribution in [1.82, 2.24) is 4.90 Å². The van der Waals surface area contributed by atoms with Gasteiger partial charge in [-0.05, 0) is 28.4 Å². The van der Waals surface area contributed by atoms with Gasteiger partial charge in [0.25, 0.3) is 5.91 Å². The van der Waals surface area contributed by atoms with Crippen molar-refractivity contribution >= 4 is 33.2 Å². The van der Waals surface area contributed by atoms with Gasteiger partial charge in [-0.1, -0.05) is 12.8 Å². The number of hydrogen-bond donors (Lipinski definition) is 0.